The van der Waals surface area contributed by atoms with Crippen molar-refractivity contribution in [3.05, 3.63) is 59.1 Å². The summed E-state index contributed by atoms with van der Waals surface area (Å²) in [5.74, 6) is 1.98. The van der Waals surface area contributed by atoms with Gasteiger partial charge >= 0.3 is 0 Å². The maximum atomic E-state index is 11.7. The fraction of sp³-hybridized carbons (Fsp3) is 0.381. The Hall–Kier alpha value is -1.56. The smallest absolute Gasteiger partial charge is 0.271 e. The lowest BCUT2D eigenvalue weighted by molar-refractivity contribution is -0.658. The van der Waals surface area contributed by atoms with Crippen LogP contribution in [0.4, 0.5) is 5.69 Å². The largest absolute Gasteiger partial charge is 1.00 e. The molecule has 1 N–H and O–H groups in total. The van der Waals surface area contributed by atoms with Crippen molar-refractivity contribution in [3.63, 3.8) is 0 Å². The van der Waals surface area contributed by atoms with Gasteiger partial charge in [0.15, 0.2) is 6.54 Å². The van der Waals surface area contributed by atoms with Crippen LogP contribution in [0.15, 0.2) is 48.5 Å². The third-order valence-corrected chi connectivity index (χ3v) is 5.64. The van der Waals surface area contributed by atoms with Gasteiger partial charge in [0.1, 0.15) is 11.4 Å². The van der Waals surface area contributed by atoms with E-state index in [9.17, 15) is 5.11 Å². The number of amidine groups is 1. The zero-order valence-electron chi connectivity index (χ0n) is 15.4. The second-order valence-corrected chi connectivity index (χ2v) is 7.43. The average Bonchev–Trinajstić information content (AvgIpc) is 2.81. The highest BCUT2D eigenvalue weighted by atomic mass is 79.9. The normalized spacial score (nSPS) is 22.1. The summed E-state index contributed by atoms with van der Waals surface area (Å²) < 4.78 is 7.45. The summed E-state index contributed by atoms with van der Waals surface area (Å²) in [6.45, 7) is 1.35. The van der Waals surface area contributed by atoms with Crippen LogP contribution in [0.3, 0.4) is 0 Å². The number of nitrogens with zero attached hydrogens (tertiary/aromatic N) is 2. The van der Waals surface area contributed by atoms with Crippen molar-refractivity contribution < 1.29 is 31.4 Å². The van der Waals surface area contributed by atoms with E-state index in [1.807, 2.05) is 42.5 Å². The second-order valence-electron chi connectivity index (χ2n) is 6.99. The van der Waals surface area contributed by atoms with Crippen LogP contribution in [0.1, 0.15) is 31.2 Å². The summed E-state index contributed by atoms with van der Waals surface area (Å²) in [5, 5.41) is 12.4. The third-order valence-electron chi connectivity index (χ3n) is 5.40. The van der Waals surface area contributed by atoms with Gasteiger partial charge in [0.2, 0.25) is 0 Å². The molecule has 0 amide bonds. The van der Waals surface area contributed by atoms with Crippen LogP contribution in [-0.4, -0.2) is 35.7 Å². The number of ether oxygens (including phenoxy) is 1. The Morgan fingerprint density at radius 2 is 1.89 bits per heavy atom. The van der Waals surface area contributed by atoms with Gasteiger partial charge in [-0.1, -0.05) is 17.7 Å². The molecule has 4 nitrogen and oxygen atoms in total. The summed E-state index contributed by atoms with van der Waals surface area (Å²) in [7, 11) is 1.65. The molecule has 6 heteroatoms. The monoisotopic (exact) mass is 450 g/mol. The number of hydrogen-bond donors (Lipinski definition) is 1. The van der Waals surface area contributed by atoms with Gasteiger partial charge in [0.25, 0.3) is 11.6 Å². The van der Waals surface area contributed by atoms with Crippen LogP contribution in [-0.2, 0) is 5.72 Å². The minimum Gasteiger partial charge on any atom is -1.00 e. The van der Waals surface area contributed by atoms with Gasteiger partial charge in [-0.05, 0) is 55.7 Å². The number of halogens is 2. The minimum atomic E-state index is -1.05. The molecule has 0 saturated heterocycles. The molecule has 4 rings (SSSR count). The number of anilines is 1. The fourth-order valence-corrected chi connectivity index (χ4v) is 4.24. The van der Waals surface area contributed by atoms with Crippen molar-refractivity contribution in [1.29, 1.82) is 0 Å². The summed E-state index contributed by atoms with van der Waals surface area (Å²) in [4.78, 5) is 2.22. The number of methoxy groups -OCH3 is 1. The molecule has 2 aliphatic heterocycles. The molecule has 0 spiro atoms. The highest BCUT2D eigenvalue weighted by molar-refractivity contribution is 6.30. The molecule has 2 heterocycles. The van der Waals surface area contributed by atoms with Crippen LogP contribution in [0.25, 0.3) is 0 Å². The van der Waals surface area contributed by atoms with Gasteiger partial charge in [0, 0.05) is 23.1 Å². The molecule has 0 bridgehead atoms. The van der Waals surface area contributed by atoms with Crippen molar-refractivity contribution in [3.8, 4) is 5.75 Å². The summed E-state index contributed by atoms with van der Waals surface area (Å²) >= 11 is 6.23. The SMILES string of the molecule is COc1ccc(C2(O)CN(c3cccc(Cl)c3)C3=[N+]2CCCCC3)cc1.[Br-]. The van der Waals surface area contributed by atoms with Crippen molar-refractivity contribution in [2.24, 2.45) is 0 Å². The van der Waals surface area contributed by atoms with E-state index in [1.54, 1.807) is 7.11 Å². The molecule has 0 radical (unpaired) electrons. The van der Waals surface area contributed by atoms with Gasteiger partial charge in [-0.25, -0.2) is 9.48 Å². The highest BCUT2D eigenvalue weighted by Crippen LogP contribution is 2.36. The molecule has 2 aromatic rings. The maximum absolute atomic E-state index is 11.7. The van der Waals surface area contributed by atoms with Gasteiger partial charge in [-0.15, -0.1) is 0 Å². The Morgan fingerprint density at radius 3 is 2.59 bits per heavy atom. The maximum Gasteiger partial charge on any atom is 0.271 e. The molecule has 1 atom stereocenters. The molecular weight excluding hydrogens is 428 g/mol. The minimum absolute atomic E-state index is 0. The molecule has 144 valence electrons. The van der Waals surface area contributed by atoms with E-state index < -0.39 is 5.72 Å². The molecule has 0 fully saturated rings. The summed E-state index contributed by atoms with van der Waals surface area (Å²) in [5.41, 5.74) is 0.875. The predicted molar refractivity (Wildman–Crippen MR) is 104 cm³/mol. The Morgan fingerprint density at radius 1 is 1.11 bits per heavy atom. The Balaban J connectivity index is 0.00000210. The van der Waals surface area contributed by atoms with E-state index in [0.29, 0.717) is 11.6 Å². The van der Waals surface area contributed by atoms with Gasteiger partial charge in [-0.2, -0.15) is 0 Å². The molecule has 0 aromatic heterocycles. The Bertz CT molecular complexity index is 840. The Labute approximate surface area is 175 Å². The van der Waals surface area contributed by atoms with E-state index >= 15 is 0 Å². The zero-order valence-corrected chi connectivity index (χ0v) is 17.7. The molecule has 0 saturated carbocycles. The van der Waals surface area contributed by atoms with E-state index in [-0.39, 0.29) is 17.0 Å². The van der Waals surface area contributed by atoms with Crippen molar-refractivity contribution in [1.82, 2.24) is 0 Å². The van der Waals surface area contributed by atoms with Gasteiger partial charge in [-0.3, -0.25) is 0 Å². The molecule has 1 unspecified atom stereocenters. The van der Waals surface area contributed by atoms with Gasteiger partial charge < -0.3 is 26.8 Å². The quantitative estimate of drug-likeness (QED) is 0.708. The first-order valence-electron chi connectivity index (χ1n) is 9.15. The van der Waals surface area contributed by atoms with Crippen molar-refractivity contribution in [2.75, 3.05) is 25.1 Å². The molecule has 27 heavy (non-hydrogen) atoms. The summed E-state index contributed by atoms with van der Waals surface area (Å²) in [6.07, 6.45) is 4.37. The summed E-state index contributed by atoms with van der Waals surface area (Å²) in [6, 6.07) is 15.6. The number of hydrogen-bond acceptors (Lipinski definition) is 3. The van der Waals surface area contributed by atoms with Crippen LogP contribution in [0.2, 0.25) is 5.02 Å². The van der Waals surface area contributed by atoms with Crippen molar-refractivity contribution >= 4 is 23.1 Å². The molecule has 2 aliphatic rings. The number of aliphatic hydroxyl groups is 1. The number of β-amino-alcohol motifs (C(OH)–C–C–N with tert-alkyl or cyclic N) is 1. The first-order valence-corrected chi connectivity index (χ1v) is 9.53. The molecular formula is C21H24BrClN2O2. The zero-order chi connectivity index (χ0) is 18.1. The van der Waals surface area contributed by atoms with Crippen molar-refractivity contribution in [2.45, 2.75) is 31.4 Å². The van der Waals surface area contributed by atoms with Crippen LogP contribution in [0.5, 0.6) is 5.75 Å². The molecule has 0 aliphatic carbocycles. The molecule has 2 aromatic carbocycles. The van der Waals surface area contributed by atoms with E-state index in [4.69, 9.17) is 16.3 Å². The second kappa shape index (κ2) is 8.21. The highest BCUT2D eigenvalue weighted by Gasteiger charge is 2.51. The lowest BCUT2D eigenvalue weighted by Gasteiger charge is -2.23. The van der Waals surface area contributed by atoms with Crippen LogP contribution >= 0.6 is 11.6 Å². The van der Waals surface area contributed by atoms with E-state index in [2.05, 4.69) is 15.5 Å². The fourth-order valence-electron chi connectivity index (χ4n) is 4.06. The third kappa shape index (κ3) is 3.73. The van der Waals surface area contributed by atoms with Gasteiger partial charge in [0.05, 0.1) is 13.7 Å². The lowest BCUT2D eigenvalue weighted by Crippen LogP contribution is -3.00. The van der Waals surface area contributed by atoms with Crippen LogP contribution in [0, 0.1) is 0 Å². The first-order chi connectivity index (χ1) is 12.6. The van der Waals surface area contributed by atoms with Crippen LogP contribution < -0.4 is 26.6 Å². The predicted octanol–water partition coefficient (Wildman–Crippen LogP) is 1.00. The topological polar surface area (TPSA) is 35.7 Å². The Kier molecular flexibility index (Phi) is 6.14. The lowest BCUT2D eigenvalue weighted by atomic mass is 10.0. The van der Waals surface area contributed by atoms with E-state index in [1.165, 1.54) is 12.3 Å². The average molecular weight is 452 g/mol. The number of benzene rings is 2. The number of rotatable bonds is 3. The van der Waals surface area contributed by atoms with E-state index in [0.717, 1.165) is 42.8 Å². The standard InChI is InChI=1S/C21H24ClN2O2.BrH/c1-26-19-11-9-16(10-12-19)21(25)15-23(18-7-5-6-17(22)14-18)20-8-3-2-4-13-24(20)21;/h5-7,9-12,14,25H,2-4,8,13,15H2,1H3;1H/q+1;/p-1. The first kappa shape index (κ1) is 20.2.